The van der Waals surface area contributed by atoms with E-state index < -0.39 is 12.2 Å². The lowest BCUT2D eigenvalue weighted by Crippen LogP contribution is -2.22. The lowest BCUT2D eigenvalue weighted by Gasteiger charge is -2.17. The summed E-state index contributed by atoms with van der Waals surface area (Å²) in [7, 11) is 0. The molecule has 0 aliphatic rings. The number of nitrogens with two attached hydrogens (primary N) is 1. The molecule has 16 heavy (non-hydrogen) atoms. The SMILES string of the molecule is CC(=O)c1cncc(C(O)C(O)CCN)c1. The summed E-state index contributed by atoms with van der Waals surface area (Å²) >= 11 is 0. The van der Waals surface area contributed by atoms with Crippen LogP contribution in [0.25, 0.3) is 0 Å². The lowest BCUT2D eigenvalue weighted by atomic mass is 10.0. The van der Waals surface area contributed by atoms with Gasteiger partial charge in [0, 0.05) is 23.5 Å². The van der Waals surface area contributed by atoms with E-state index in [1.54, 1.807) is 0 Å². The Balaban J connectivity index is 2.86. The van der Waals surface area contributed by atoms with Crippen LogP contribution in [-0.4, -0.2) is 33.6 Å². The largest absolute Gasteiger partial charge is 0.390 e. The molecule has 1 aromatic heterocycles. The third kappa shape index (κ3) is 3.10. The summed E-state index contributed by atoms with van der Waals surface area (Å²) in [5, 5.41) is 19.3. The number of pyridine rings is 1. The van der Waals surface area contributed by atoms with E-state index in [0.29, 0.717) is 17.5 Å². The fraction of sp³-hybridized carbons (Fsp3) is 0.455. The third-order valence-corrected chi connectivity index (χ3v) is 2.33. The first-order valence-corrected chi connectivity index (χ1v) is 5.08. The molecule has 4 N–H and O–H groups in total. The zero-order valence-corrected chi connectivity index (χ0v) is 9.13. The summed E-state index contributed by atoms with van der Waals surface area (Å²) in [6.07, 6.45) is 1.15. The van der Waals surface area contributed by atoms with Crippen molar-refractivity contribution in [2.45, 2.75) is 25.6 Å². The maximum Gasteiger partial charge on any atom is 0.161 e. The summed E-state index contributed by atoms with van der Waals surface area (Å²) in [5.41, 5.74) is 6.12. The Bertz CT molecular complexity index is 368. The Kier molecular flexibility index (Phi) is 4.54. The molecule has 88 valence electrons. The molecule has 0 amide bonds. The van der Waals surface area contributed by atoms with Gasteiger partial charge in [0.15, 0.2) is 5.78 Å². The highest BCUT2D eigenvalue weighted by molar-refractivity contribution is 5.93. The fourth-order valence-electron chi connectivity index (χ4n) is 1.36. The number of Topliss-reactive ketones (excluding diaryl/α,β-unsaturated/α-hetero) is 1. The van der Waals surface area contributed by atoms with Crippen molar-refractivity contribution in [1.29, 1.82) is 0 Å². The van der Waals surface area contributed by atoms with Gasteiger partial charge < -0.3 is 15.9 Å². The second-order valence-electron chi connectivity index (χ2n) is 3.65. The number of rotatable bonds is 5. The summed E-state index contributed by atoms with van der Waals surface area (Å²) in [6, 6.07) is 1.53. The van der Waals surface area contributed by atoms with Crippen LogP contribution in [0.5, 0.6) is 0 Å². The van der Waals surface area contributed by atoms with Gasteiger partial charge in [0.05, 0.1) is 6.10 Å². The summed E-state index contributed by atoms with van der Waals surface area (Å²) in [5.74, 6) is -0.130. The predicted molar refractivity (Wildman–Crippen MR) is 58.9 cm³/mol. The van der Waals surface area contributed by atoms with Crippen LogP contribution in [0.2, 0.25) is 0 Å². The number of aromatic nitrogens is 1. The molecule has 0 spiro atoms. The van der Waals surface area contributed by atoms with Crippen molar-refractivity contribution in [2.75, 3.05) is 6.54 Å². The minimum absolute atomic E-state index is 0.130. The maximum absolute atomic E-state index is 11.1. The normalized spacial score (nSPS) is 14.5. The van der Waals surface area contributed by atoms with Gasteiger partial charge in [-0.05, 0) is 26.0 Å². The summed E-state index contributed by atoms with van der Waals surface area (Å²) in [4.78, 5) is 15.0. The van der Waals surface area contributed by atoms with Crippen molar-refractivity contribution in [3.05, 3.63) is 29.6 Å². The number of hydrogen-bond donors (Lipinski definition) is 3. The fourth-order valence-corrected chi connectivity index (χ4v) is 1.36. The Hall–Kier alpha value is -1.30. The third-order valence-electron chi connectivity index (χ3n) is 2.33. The van der Waals surface area contributed by atoms with E-state index in [4.69, 9.17) is 5.73 Å². The van der Waals surface area contributed by atoms with Crippen molar-refractivity contribution >= 4 is 5.78 Å². The molecule has 0 aliphatic heterocycles. The molecule has 2 unspecified atom stereocenters. The van der Waals surface area contributed by atoms with E-state index in [-0.39, 0.29) is 12.3 Å². The summed E-state index contributed by atoms with van der Waals surface area (Å²) < 4.78 is 0. The number of carbonyl (C=O) groups is 1. The van der Waals surface area contributed by atoms with Crippen molar-refractivity contribution in [3.63, 3.8) is 0 Å². The van der Waals surface area contributed by atoms with Crippen molar-refractivity contribution in [3.8, 4) is 0 Å². The Morgan fingerprint density at radius 1 is 1.50 bits per heavy atom. The molecule has 0 radical (unpaired) electrons. The van der Waals surface area contributed by atoms with Crippen LogP contribution in [-0.2, 0) is 0 Å². The second-order valence-corrected chi connectivity index (χ2v) is 3.65. The first-order chi connectivity index (χ1) is 7.56. The average molecular weight is 224 g/mol. The highest BCUT2D eigenvalue weighted by Gasteiger charge is 2.18. The van der Waals surface area contributed by atoms with Gasteiger partial charge >= 0.3 is 0 Å². The van der Waals surface area contributed by atoms with Gasteiger partial charge in [-0.3, -0.25) is 9.78 Å². The van der Waals surface area contributed by atoms with E-state index in [1.165, 1.54) is 25.4 Å². The molecule has 0 aromatic carbocycles. The lowest BCUT2D eigenvalue weighted by molar-refractivity contribution is 0.0148. The Morgan fingerprint density at radius 2 is 2.19 bits per heavy atom. The van der Waals surface area contributed by atoms with Crippen LogP contribution < -0.4 is 5.73 Å². The van der Waals surface area contributed by atoms with Crippen LogP contribution in [0.4, 0.5) is 0 Å². The number of aliphatic hydroxyl groups excluding tert-OH is 2. The monoisotopic (exact) mass is 224 g/mol. The van der Waals surface area contributed by atoms with E-state index in [9.17, 15) is 15.0 Å². The molecule has 0 aliphatic carbocycles. The first kappa shape index (κ1) is 12.8. The van der Waals surface area contributed by atoms with Crippen molar-refractivity contribution in [2.24, 2.45) is 5.73 Å². The zero-order chi connectivity index (χ0) is 12.1. The Labute approximate surface area is 93.9 Å². The van der Waals surface area contributed by atoms with Gasteiger partial charge in [0.2, 0.25) is 0 Å². The van der Waals surface area contributed by atoms with Gasteiger partial charge in [-0.15, -0.1) is 0 Å². The first-order valence-electron chi connectivity index (χ1n) is 5.08. The molecule has 0 saturated carbocycles. The van der Waals surface area contributed by atoms with E-state index in [1.807, 2.05) is 0 Å². The Morgan fingerprint density at radius 3 is 2.75 bits per heavy atom. The molecule has 5 nitrogen and oxygen atoms in total. The average Bonchev–Trinajstić information content (AvgIpc) is 2.28. The number of carbonyl (C=O) groups excluding carboxylic acids is 1. The van der Waals surface area contributed by atoms with Gasteiger partial charge in [-0.2, -0.15) is 0 Å². The van der Waals surface area contributed by atoms with E-state index >= 15 is 0 Å². The van der Waals surface area contributed by atoms with E-state index in [2.05, 4.69) is 4.98 Å². The molecule has 0 fully saturated rings. The number of ketones is 1. The molecular formula is C11H16N2O3. The van der Waals surface area contributed by atoms with Crippen LogP contribution in [0.1, 0.15) is 35.4 Å². The van der Waals surface area contributed by atoms with Gasteiger partial charge in [-0.25, -0.2) is 0 Å². The van der Waals surface area contributed by atoms with Crippen LogP contribution in [0.15, 0.2) is 18.5 Å². The molecule has 2 atom stereocenters. The molecule has 0 bridgehead atoms. The highest BCUT2D eigenvalue weighted by Crippen LogP contribution is 2.18. The number of nitrogens with zero attached hydrogens (tertiary/aromatic N) is 1. The maximum atomic E-state index is 11.1. The smallest absolute Gasteiger partial charge is 0.161 e. The minimum atomic E-state index is -1.06. The molecule has 1 heterocycles. The molecule has 5 heteroatoms. The highest BCUT2D eigenvalue weighted by atomic mass is 16.3. The van der Waals surface area contributed by atoms with Gasteiger partial charge in [-0.1, -0.05) is 0 Å². The van der Waals surface area contributed by atoms with Crippen LogP contribution >= 0.6 is 0 Å². The van der Waals surface area contributed by atoms with Crippen LogP contribution in [0, 0.1) is 0 Å². The van der Waals surface area contributed by atoms with Crippen molar-refractivity contribution in [1.82, 2.24) is 4.98 Å². The molecule has 1 aromatic rings. The quantitative estimate of drug-likeness (QED) is 0.613. The van der Waals surface area contributed by atoms with Gasteiger partial charge in [0.25, 0.3) is 0 Å². The topological polar surface area (TPSA) is 96.4 Å². The molecule has 1 rings (SSSR count). The minimum Gasteiger partial charge on any atom is -0.390 e. The number of hydrogen-bond acceptors (Lipinski definition) is 5. The standard InChI is InChI=1S/C11H16N2O3/c1-7(14)8-4-9(6-13-5-8)11(16)10(15)2-3-12/h4-6,10-11,15-16H,2-3,12H2,1H3. The molecule has 0 saturated heterocycles. The second kappa shape index (κ2) is 5.69. The van der Waals surface area contributed by atoms with E-state index in [0.717, 1.165) is 0 Å². The van der Waals surface area contributed by atoms with Crippen molar-refractivity contribution < 1.29 is 15.0 Å². The predicted octanol–water partition coefficient (Wildman–Crippen LogP) is 0.0273. The van der Waals surface area contributed by atoms with Gasteiger partial charge in [0.1, 0.15) is 6.10 Å². The zero-order valence-electron chi connectivity index (χ0n) is 9.13. The van der Waals surface area contributed by atoms with Crippen LogP contribution in [0.3, 0.4) is 0 Å². The number of aliphatic hydroxyl groups is 2. The molecular weight excluding hydrogens is 208 g/mol. The summed E-state index contributed by atoms with van der Waals surface area (Å²) in [6.45, 7) is 1.71.